The van der Waals surface area contributed by atoms with Crippen molar-refractivity contribution in [3.05, 3.63) is 58.9 Å². The zero-order chi connectivity index (χ0) is 22.7. The van der Waals surface area contributed by atoms with Crippen molar-refractivity contribution in [3.8, 4) is 0 Å². The van der Waals surface area contributed by atoms with Crippen LogP contribution in [-0.2, 0) is 9.59 Å². The third-order valence-electron chi connectivity index (χ3n) is 5.83. The zero-order valence-corrected chi connectivity index (χ0v) is 19.3. The molecule has 32 heavy (non-hydrogen) atoms. The minimum absolute atomic E-state index is 0.0507. The molecule has 0 bridgehead atoms. The Labute approximate surface area is 196 Å². The van der Waals surface area contributed by atoms with E-state index in [9.17, 15) is 14.0 Å². The molecule has 4 rings (SSSR count). The summed E-state index contributed by atoms with van der Waals surface area (Å²) in [6.45, 7) is 0.618. The van der Waals surface area contributed by atoms with E-state index in [0.29, 0.717) is 17.3 Å². The summed E-state index contributed by atoms with van der Waals surface area (Å²) in [6, 6.07) is 12.3. The van der Waals surface area contributed by atoms with Crippen LogP contribution in [0.3, 0.4) is 0 Å². The predicted octanol–water partition coefficient (Wildman–Crippen LogP) is 4.13. The minimum Gasteiger partial charge on any atom is -0.346 e. The second-order valence-corrected chi connectivity index (χ2v) is 9.91. The summed E-state index contributed by atoms with van der Waals surface area (Å²) in [5.41, 5.74) is 8.12. The first kappa shape index (κ1) is 23.0. The van der Waals surface area contributed by atoms with Crippen LogP contribution in [0.4, 0.5) is 10.1 Å². The van der Waals surface area contributed by atoms with Gasteiger partial charge >= 0.3 is 0 Å². The first-order valence-corrected chi connectivity index (χ1v) is 11.9. The highest BCUT2D eigenvalue weighted by atomic mass is 35.5. The molecule has 0 spiro atoms. The van der Waals surface area contributed by atoms with E-state index in [2.05, 4.69) is 16.2 Å². The van der Waals surface area contributed by atoms with Gasteiger partial charge in [-0.15, -0.1) is 11.8 Å². The number of hydrogen-bond donors (Lipinski definition) is 3. The Morgan fingerprint density at radius 1 is 1.25 bits per heavy atom. The molecular formula is C23H26ClFN4O2S. The number of rotatable bonds is 7. The van der Waals surface area contributed by atoms with Crippen LogP contribution in [-0.4, -0.2) is 41.6 Å². The fourth-order valence-electron chi connectivity index (χ4n) is 4.02. The molecule has 0 radical (unpaired) electrons. The van der Waals surface area contributed by atoms with Crippen molar-refractivity contribution in [1.82, 2.24) is 15.8 Å². The Hall–Kier alpha value is -2.13. The summed E-state index contributed by atoms with van der Waals surface area (Å²) in [7, 11) is 1.78. The van der Waals surface area contributed by atoms with E-state index in [4.69, 9.17) is 11.6 Å². The molecule has 0 saturated carbocycles. The van der Waals surface area contributed by atoms with Crippen LogP contribution >= 0.6 is 23.4 Å². The summed E-state index contributed by atoms with van der Waals surface area (Å²) < 4.78 is 13.4. The van der Waals surface area contributed by atoms with Crippen LogP contribution in [0.25, 0.3) is 0 Å². The second-order valence-electron chi connectivity index (χ2n) is 8.23. The van der Waals surface area contributed by atoms with Gasteiger partial charge in [-0.2, -0.15) is 0 Å². The van der Waals surface area contributed by atoms with Crippen LogP contribution in [0.5, 0.6) is 0 Å². The van der Waals surface area contributed by atoms with Crippen LogP contribution in [0.15, 0.2) is 47.4 Å². The van der Waals surface area contributed by atoms with Gasteiger partial charge in [-0.25, -0.2) is 4.39 Å². The largest absolute Gasteiger partial charge is 0.346 e. The number of benzene rings is 2. The number of nitrogens with zero attached hydrogens (tertiary/aromatic N) is 1. The van der Waals surface area contributed by atoms with E-state index in [1.807, 2.05) is 12.1 Å². The molecule has 1 saturated heterocycles. The fraction of sp³-hybridized carbons (Fsp3) is 0.391. The summed E-state index contributed by atoms with van der Waals surface area (Å²) in [4.78, 5) is 27.7. The fourth-order valence-corrected chi connectivity index (χ4v) is 5.28. The normalized spacial score (nSPS) is 22.3. The number of hydrazine groups is 1. The Kier molecular flexibility index (Phi) is 7.35. The Bertz CT molecular complexity index is 1010. The molecule has 2 heterocycles. The summed E-state index contributed by atoms with van der Waals surface area (Å²) in [5.74, 6) is -0.452. The standard InChI is InChI=1S/C23H26ClFN4O2S/c1-29(9-3-6-17-12-18(28-27-17)14-4-2-5-16(25)10-14)22(30)13-21-23(31)26-19-11-15(24)7-8-20(19)32-21/h2,4-5,7-8,10-11,17-18,21,27-28H,3,6,9,12-13H2,1H3,(H,26,31). The van der Waals surface area contributed by atoms with Crippen LogP contribution in [0.2, 0.25) is 5.02 Å². The summed E-state index contributed by atoms with van der Waals surface area (Å²) >= 11 is 7.38. The lowest BCUT2D eigenvalue weighted by Crippen LogP contribution is -2.36. The number of nitrogens with one attached hydrogen (secondary N) is 3. The number of thioether (sulfide) groups is 1. The topological polar surface area (TPSA) is 73.5 Å². The van der Waals surface area contributed by atoms with Crippen LogP contribution in [0, 0.1) is 5.82 Å². The molecule has 3 unspecified atom stereocenters. The molecule has 9 heteroatoms. The number of anilines is 1. The molecule has 1 fully saturated rings. The lowest BCUT2D eigenvalue weighted by Gasteiger charge is -2.26. The van der Waals surface area contributed by atoms with E-state index < -0.39 is 5.25 Å². The molecule has 2 amide bonds. The summed E-state index contributed by atoms with van der Waals surface area (Å²) in [6.07, 6.45) is 2.75. The maximum absolute atomic E-state index is 13.4. The lowest BCUT2D eigenvalue weighted by molar-refractivity contribution is -0.131. The highest BCUT2D eigenvalue weighted by molar-refractivity contribution is 8.01. The average Bonchev–Trinajstić information content (AvgIpc) is 3.23. The molecule has 2 aliphatic heterocycles. The van der Waals surface area contributed by atoms with Gasteiger partial charge in [0.1, 0.15) is 5.82 Å². The average molecular weight is 477 g/mol. The number of halogens is 2. The van der Waals surface area contributed by atoms with E-state index in [0.717, 1.165) is 29.7 Å². The molecule has 2 aliphatic rings. The van der Waals surface area contributed by atoms with Gasteiger partial charge in [0, 0.05) is 42.0 Å². The Balaban J connectivity index is 1.21. The van der Waals surface area contributed by atoms with E-state index in [1.165, 1.54) is 17.8 Å². The maximum Gasteiger partial charge on any atom is 0.238 e. The number of fused-ring (bicyclic) bond motifs is 1. The Morgan fingerprint density at radius 3 is 2.91 bits per heavy atom. The molecule has 6 nitrogen and oxygen atoms in total. The van der Waals surface area contributed by atoms with Gasteiger partial charge in [-0.1, -0.05) is 23.7 Å². The van der Waals surface area contributed by atoms with Crippen molar-refractivity contribution in [2.45, 2.75) is 47.9 Å². The maximum atomic E-state index is 13.4. The summed E-state index contributed by atoms with van der Waals surface area (Å²) in [5, 5.41) is 2.95. The number of carbonyl (C=O) groups is 2. The molecular weight excluding hydrogens is 451 g/mol. The SMILES string of the molecule is CN(CCCC1CC(c2cccc(F)c2)NN1)C(=O)CC1Sc2ccc(Cl)cc2NC1=O. The monoisotopic (exact) mass is 476 g/mol. The quantitative estimate of drug-likeness (QED) is 0.560. The molecule has 3 N–H and O–H groups in total. The molecule has 170 valence electrons. The van der Waals surface area contributed by atoms with E-state index in [1.54, 1.807) is 36.2 Å². The van der Waals surface area contributed by atoms with Gasteiger partial charge in [-0.3, -0.25) is 20.4 Å². The third kappa shape index (κ3) is 5.61. The van der Waals surface area contributed by atoms with Crippen LogP contribution in [0.1, 0.15) is 37.3 Å². The first-order chi connectivity index (χ1) is 15.4. The van der Waals surface area contributed by atoms with Crippen molar-refractivity contribution in [2.24, 2.45) is 0 Å². The van der Waals surface area contributed by atoms with Crippen molar-refractivity contribution in [1.29, 1.82) is 0 Å². The second kappa shape index (κ2) is 10.2. The molecule has 0 aliphatic carbocycles. The number of amides is 2. The first-order valence-electron chi connectivity index (χ1n) is 10.7. The minimum atomic E-state index is -0.452. The highest BCUT2D eigenvalue weighted by Gasteiger charge is 2.30. The lowest BCUT2D eigenvalue weighted by atomic mass is 9.99. The highest BCUT2D eigenvalue weighted by Crippen LogP contribution is 2.38. The van der Waals surface area contributed by atoms with Crippen molar-refractivity contribution in [2.75, 3.05) is 18.9 Å². The molecule has 0 aromatic heterocycles. The Morgan fingerprint density at radius 2 is 2.09 bits per heavy atom. The molecule has 2 aromatic rings. The third-order valence-corrected chi connectivity index (χ3v) is 7.34. The molecule has 2 aromatic carbocycles. The predicted molar refractivity (Wildman–Crippen MR) is 125 cm³/mol. The number of carbonyl (C=O) groups excluding carboxylic acids is 2. The van der Waals surface area contributed by atoms with Gasteiger partial charge in [0.25, 0.3) is 0 Å². The van der Waals surface area contributed by atoms with E-state index >= 15 is 0 Å². The van der Waals surface area contributed by atoms with Gasteiger partial charge in [0.2, 0.25) is 11.8 Å². The van der Waals surface area contributed by atoms with Gasteiger partial charge < -0.3 is 10.2 Å². The van der Waals surface area contributed by atoms with Gasteiger partial charge in [-0.05, 0) is 55.2 Å². The van der Waals surface area contributed by atoms with Crippen molar-refractivity contribution in [3.63, 3.8) is 0 Å². The number of hydrogen-bond acceptors (Lipinski definition) is 5. The van der Waals surface area contributed by atoms with Gasteiger partial charge in [0.05, 0.1) is 10.9 Å². The van der Waals surface area contributed by atoms with Crippen molar-refractivity contribution < 1.29 is 14.0 Å². The molecule has 3 atom stereocenters. The zero-order valence-electron chi connectivity index (χ0n) is 17.7. The smallest absolute Gasteiger partial charge is 0.238 e. The van der Waals surface area contributed by atoms with Crippen LogP contribution < -0.4 is 16.2 Å². The van der Waals surface area contributed by atoms with E-state index in [-0.39, 0.29) is 36.1 Å². The van der Waals surface area contributed by atoms with Crippen molar-refractivity contribution >= 4 is 40.9 Å². The van der Waals surface area contributed by atoms with Gasteiger partial charge in [0.15, 0.2) is 0 Å².